The molecule has 4 heterocycles. The van der Waals surface area contributed by atoms with E-state index in [1.54, 1.807) is 6.20 Å². The first-order valence-electron chi connectivity index (χ1n) is 13.3. The Bertz CT molecular complexity index is 1480. The van der Waals surface area contributed by atoms with E-state index >= 15 is 0 Å². The summed E-state index contributed by atoms with van der Waals surface area (Å²) in [5.41, 5.74) is 6.64. The predicted octanol–water partition coefficient (Wildman–Crippen LogP) is 5.72. The topological polar surface area (TPSA) is 72.6 Å². The second-order valence-electron chi connectivity index (χ2n) is 10.2. The number of aromatic nitrogens is 4. The van der Waals surface area contributed by atoms with Gasteiger partial charge in [-0.2, -0.15) is 0 Å². The molecule has 1 aliphatic heterocycles. The summed E-state index contributed by atoms with van der Waals surface area (Å²) >= 11 is -1.33. The molecule has 0 fully saturated rings. The largest absolute Gasteiger partial charge is 0.593 e. The lowest BCUT2D eigenvalue weighted by atomic mass is 9.98. The molecule has 3 aromatic heterocycles. The molecule has 0 spiro atoms. The van der Waals surface area contributed by atoms with E-state index in [0.717, 1.165) is 70.0 Å². The van der Waals surface area contributed by atoms with E-state index in [0.29, 0.717) is 25.2 Å². The first-order valence-corrected chi connectivity index (χ1v) is 14.5. The fraction of sp³-hybridized carbons (Fsp3) is 0.414. The molecule has 0 N–H and O–H groups in total. The van der Waals surface area contributed by atoms with E-state index < -0.39 is 17.8 Å². The van der Waals surface area contributed by atoms with Gasteiger partial charge in [-0.15, -0.1) is 14.5 Å². The van der Waals surface area contributed by atoms with E-state index in [2.05, 4.69) is 52.1 Å². The Balaban J connectivity index is 1.40. The first-order chi connectivity index (χ1) is 18.8. The number of hydrogen-bond acceptors (Lipinski definition) is 6. The number of alkyl halides is 2. The standard InChI is InChI=1S/C29H34F2N6OS/c1-5-6-10-35-12-13-36(39(38)25-14-19(2)17-32-28(25)35)18-24-16-22(8-7-20(24)3)15-23-9-11-37-27(21(23)4)33-34-29(37)26(30)31/h7-9,11,14,16-17,26H,5-6,10,12-13,15,18H2,1-4H3. The van der Waals surface area contributed by atoms with Crippen LogP contribution in [-0.2, 0) is 24.3 Å². The molecule has 7 nitrogen and oxygen atoms in total. The van der Waals surface area contributed by atoms with Crippen molar-refractivity contribution in [2.75, 3.05) is 24.5 Å². The second-order valence-corrected chi connectivity index (χ2v) is 11.7. The molecular formula is C29H34F2N6OS. The Labute approximate surface area is 231 Å². The van der Waals surface area contributed by atoms with Crippen LogP contribution in [0, 0.1) is 20.8 Å². The zero-order valence-electron chi connectivity index (χ0n) is 22.8. The number of halogens is 2. The Morgan fingerprint density at radius 1 is 1.05 bits per heavy atom. The lowest BCUT2D eigenvalue weighted by Gasteiger charge is -2.23. The quantitative estimate of drug-likeness (QED) is 0.260. The van der Waals surface area contributed by atoms with Crippen LogP contribution in [0.5, 0.6) is 0 Å². The average Bonchev–Trinajstić information content (AvgIpc) is 3.31. The molecule has 39 heavy (non-hydrogen) atoms. The highest BCUT2D eigenvalue weighted by molar-refractivity contribution is 7.89. The monoisotopic (exact) mass is 552 g/mol. The van der Waals surface area contributed by atoms with Crippen molar-refractivity contribution in [1.29, 1.82) is 0 Å². The van der Waals surface area contributed by atoms with Gasteiger partial charge in [0.1, 0.15) is 0 Å². The van der Waals surface area contributed by atoms with Crippen molar-refractivity contribution in [3.63, 3.8) is 0 Å². The number of fused-ring (bicyclic) bond motifs is 2. The maximum atomic E-state index is 13.8. The van der Waals surface area contributed by atoms with Crippen LogP contribution in [0.15, 0.2) is 47.6 Å². The highest BCUT2D eigenvalue weighted by Gasteiger charge is 2.33. The third-order valence-corrected chi connectivity index (χ3v) is 8.86. The minimum atomic E-state index is -2.68. The van der Waals surface area contributed by atoms with Gasteiger partial charge in [-0.3, -0.25) is 4.40 Å². The van der Waals surface area contributed by atoms with Crippen molar-refractivity contribution in [1.82, 2.24) is 23.9 Å². The molecule has 0 aliphatic carbocycles. The third-order valence-electron chi connectivity index (χ3n) is 7.41. The summed E-state index contributed by atoms with van der Waals surface area (Å²) in [6, 6.07) is 10.2. The van der Waals surface area contributed by atoms with Gasteiger partial charge in [-0.05, 0) is 73.1 Å². The van der Waals surface area contributed by atoms with Crippen LogP contribution in [-0.4, -0.2) is 48.1 Å². The number of benzene rings is 1. The fourth-order valence-corrected chi connectivity index (χ4v) is 6.47. The van der Waals surface area contributed by atoms with Crippen molar-refractivity contribution in [3.8, 4) is 0 Å². The maximum absolute atomic E-state index is 13.8. The van der Waals surface area contributed by atoms with E-state index in [9.17, 15) is 13.3 Å². The van der Waals surface area contributed by atoms with Crippen molar-refractivity contribution in [3.05, 3.63) is 81.9 Å². The molecule has 0 saturated heterocycles. The lowest BCUT2D eigenvalue weighted by Crippen LogP contribution is -2.35. The highest BCUT2D eigenvalue weighted by atomic mass is 32.2. The number of aryl methyl sites for hydroxylation is 3. The average molecular weight is 553 g/mol. The first kappa shape index (κ1) is 27.5. The number of unbranched alkanes of at least 4 members (excludes halogenated alkanes) is 1. The Kier molecular flexibility index (Phi) is 8.16. The molecule has 1 atom stereocenters. The van der Waals surface area contributed by atoms with Crippen LogP contribution in [0.1, 0.15) is 65.4 Å². The van der Waals surface area contributed by atoms with E-state index in [1.165, 1.54) is 4.40 Å². The summed E-state index contributed by atoms with van der Waals surface area (Å²) in [5.74, 6) is 0.484. The van der Waals surface area contributed by atoms with Gasteiger partial charge in [0, 0.05) is 31.5 Å². The van der Waals surface area contributed by atoms with Crippen molar-refractivity contribution >= 4 is 22.8 Å². The molecule has 1 unspecified atom stereocenters. The van der Waals surface area contributed by atoms with Gasteiger partial charge >= 0.3 is 0 Å². The molecule has 10 heteroatoms. The van der Waals surface area contributed by atoms with Crippen LogP contribution in [0.25, 0.3) is 5.65 Å². The molecule has 1 aliphatic rings. The number of hydrogen-bond donors (Lipinski definition) is 0. The number of anilines is 1. The molecule has 4 aromatic rings. The Hall–Kier alpha value is -3.08. The minimum Gasteiger partial charge on any atom is -0.593 e. The number of nitrogens with zero attached hydrogens (tertiary/aromatic N) is 6. The molecule has 0 radical (unpaired) electrons. The summed E-state index contributed by atoms with van der Waals surface area (Å²) in [5, 5.41) is 7.67. The van der Waals surface area contributed by atoms with Gasteiger partial charge in [0.2, 0.25) is 10.7 Å². The summed E-state index contributed by atoms with van der Waals surface area (Å²) < 4.78 is 43.7. The van der Waals surface area contributed by atoms with E-state index in [4.69, 9.17) is 0 Å². The molecule has 206 valence electrons. The van der Waals surface area contributed by atoms with Crippen molar-refractivity contribution in [2.45, 2.75) is 64.8 Å². The van der Waals surface area contributed by atoms with Crippen LogP contribution in [0.4, 0.5) is 14.6 Å². The molecule has 0 saturated carbocycles. The molecular weight excluding hydrogens is 518 g/mol. The van der Waals surface area contributed by atoms with Crippen molar-refractivity contribution < 1.29 is 13.3 Å². The van der Waals surface area contributed by atoms with E-state index in [-0.39, 0.29) is 5.82 Å². The van der Waals surface area contributed by atoms with Gasteiger partial charge < -0.3 is 9.45 Å². The second kappa shape index (κ2) is 11.6. The van der Waals surface area contributed by atoms with Gasteiger partial charge in [0.15, 0.2) is 11.5 Å². The molecule has 1 aromatic carbocycles. The number of rotatable bonds is 8. The van der Waals surface area contributed by atoms with Crippen LogP contribution in [0.2, 0.25) is 0 Å². The van der Waals surface area contributed by atoms with Gasteiger partial charge in [-0.25, -0.2) is 13.8 Å². The van der Waals surface area contributed by atoms with Gasteiger partial charge in [0.25, 0.3) is 6.43 Å². The summed E-state index contributed by atoms with van der Waals surface area (Å²) in [7, 11) is 0. The summed E-state index contributed by atoms with van der Waals surface area (Å²) in [6.45, 7) is 11.0. The summed E-state index contributed by atoms with van der Waals surface area (Å²) in [6.07, 6.45) is 3.57. The lowest BCUT2D eigenvalue weighted by molar-refractivity contribution is 0.139. The van der Waals surface area contributed by atoms with E-state index in [1.807, 2.05) is 36.5 Å². The van der Waals surface area contributed by atoms with Crippen molar-refractivity contribution in [2.24, 2.45) is 0 Å². The molecule has 5 rings (SSSR count). The normalized spacial score (nSPS) is 16.2. The zero-order valence-corrected chi connectivity index (χ0v) is 23.6. The molecule has 0 bridgehead atoms. The highest BCUT2D eigenvalue weighted by Crippen LogP contribution is 2.32. The van der Waals surface area contributed by atoms with Crippen LogP contribution in [0.3, 0.4) is 0 Å². The Morgan fingerprint density at radius 3 is 2.64 bits per heavy atom. The number of pyridine rings is 2. The van der Waals surface area contributed by atoms with Gasteiger partial charge in [-0.1, -0.05) is 31.5 Å². The molecule has 0 amide bonds. The zero-order chi connectivity index (χ0) is 27.7. The van der Waals surface area contributed by atoms with Crippen LogP contribution < -0.4 is 4.90 Å². The maximum Gasteiger partial charge on any atom is 0.297 e. The summed E-state index contributed by atoms with van der Waals surface area (Å²) in [4.78, 5) is 7.72. The van der Waals surface area contributed by atoms with Gasteiger partial charge in [0.05, 0.1) is 24.5 Å². The minimum absolute atomic E-state index is 0.344. The smallest absolute Gasteiger partial charge is 0.297 e. The Morgan fingerprint density at radius 2 is 1.87 bits per heavy atom. The third kappa shape index (κ3) is 5.64. The van der Waals surface area contributed by atoms with Crippen LogP contribution >= 0.6 is 0 Å². The SMILES string of the molecule is CCCCN1CCN(Cc2cc(Cc3ccn4c(C(F)F)nnc4c3C)ccc2C)[S+]([O-])c2cc(C)cnc21. The predicted molar refractivity (Wildman–Crippen MR) is 150 cm³/mol. The fourth-order valence-electron chi connectivity index (χ4n) is 5.06.